The van der Waals surface area contributed by atoms with Gasteiger partial charge in [0.25, 0.3) is 5.56 Å². The number of hydrogen-bond donors (Lipinski definition) is 1. The quantitative estimate of drug-likeness (QED) is 0.659. The van der Waals surface area contributed by atoms with Crippen molar-refractivity contribution in [3.05, 3.63) is 79.7 Å². The molecule has 0 unspecified atom stereocenters. The topological polar surface area (TPSA) is 50.1 Å². The molecule has 0 spiro atoms. The monoisotopic (exact) mass is 383 g/mol. The van der Waals surface area contributed by atoms with Crippen LogP contribution in [0.25, 0.3) is 5.69 Å². The molecule has 1 aromatic heterocycles. The van der Waals surface area contributed by atoms with Crippen molar-refractivity contribution in [2.45, 2.75) is 20.8 Å². The molecule has 24 heavy (non-hydrogen) atoms. The van der Waals surface area contributed by atoms with Gasteiger partial charge in [-0.25, -0.2) is 4.68 Å². The maximum absolute atomic E-state index is 12.7. The summed E-state index contributed by atoms with van der Waals surface area (Å²) in [6, 6.07) is 13.6. The minimum absolute atomic E-state index is 0.107. The van der Waals surface area contributed by atoms with Crippen LogP contribution in [0.15, 0.2) is 56.7 Å². The number of para-hydroxylation sites is 1. The fraction of sp³-hybridized carbons (Fsp3) is 0.158. The predicted octanol–water partition coefficient (Wildman–Crippen LogP) is 4.60. The summed E-state index contributed by atoms with van der Waals surface area (Å²) in [6.07, 6.45) is 1.65. The molecular formula is C19H18BrN3O. The molecule has 4 nitrogen and oxygen atoms in total. The fourth-order valence-electron chi connectivity index (χ4n) is 2.62. The highest BCUT2D eigenvalue weighted by atomic mass is 79.9. The molecule has 2 aromatic carbocycles. The van der Waals surface area contributed by atoms with Gasteiger partial charge in [-0.05, 0) is 56.2 Å². The summed E-state index contributed by atoms with van der Waals surface area (Å²) in [4.78, 5) is 17.2. The van der Waals surface area contributed by atoms with Crippen LogP contribution in [0.5, 0.6) is 0 Å². The molecule has 0 fully saturated rings. The van der Waals surface area contributed by atoms with E-state index in [0.29, 0.717) is 5.56 Å². The van der Waals surface area contributed by atoms with Gasteiger partial charge < -0.3 is 0 Å². The molecule has 3 aromatic rings. The number of benzene rings is 2. The largest absolute Gasteiger partial charge is 0.295 e. The maximum Gasteiger partial charge on any atom is 0.280 e. The van der Waals surface area contributed by atoms with Crippen molar-refractivity contribution in [2.24, 2.45) is 4.99 Å². The van der Waals surface area contributed by atoms with Crippen LogP contribution in [0, 0.1) is 20.8 Å². The van der Waals surface area contributed by atoms with Gasteiger partial charge in [-0.2, -0.15) is 0 Å². The van der Waals surface area contributed by atoms with Crippen molar-refractivity contribution < 1.29 is 0 Å². The third kappa shape index (κ3) is 3.12. The molecule has 0 bridgehead atoms. The molecule has 0 aliphatic carbocycles. The highest BCUT2D eigenvalue weighted by molar-refractivity contribution is 9.10. The average molecular weight is 384 g/mol. The van der Waals surface area contributed by atoms with Gasteiger partial charge in [-0.3, -0.25) is 14.9 Å². The third-order valence-corrected chi connectivity index (χ3v) is 4.49. The molecule has 1 heterocycles. The van der Waals surface area contributed by atoms with Crippen LogP contribution >= 0.6 is 15.9 Å². The van der Waals surface area contributed by atoms with Gasteiger partial charge in [0, 0.05) is 16.4 Å². The lowest BCUT2D eigenvalue weighted by molar-refractivity contribution is 0.835. The summed E-state index contributed by atoms with van der Waals surface area (Å²) in [5.41, 5.74) is 5.13. The Kier molecular flexibility index (Phi) is 4.53. The minimum Gasteiger partial charge on any atom is -0.295 e. The van der Waals surface area contributed by atoms with Gasteiger partial charge in [0.1, 0.15) is 0 Å². The molecule has 0 aliphatic rings. The maximum atomic E-state index is 12.7. The standard InChI is InChI=1S/C19H18BrN3O/c1-12-5-4-6-13(2)18(12)21-11-17-14(3)22-23(19(17)24)16-9-7-15(20)8-10-16/h4-11,22H,1-3H3. The minimum atomic E-state index is -0.107. The predicted molar refractivity (Wildman–Crippen MR) is 102 cm³/mol. The summed E-state index contributed by atoms with van der Waals surface area (Å²) >= 11 is 3.40. The van der Waals surface area contributed by atoms with E-state index in [1.165, 1.54) is 4.68 Å². The first-order valence-corrected chi connectivity index (χ1v) is 8.44. The van der Waals surface area contributed by atoms with Crippen LogP contribution in [-0.4, -0.2) is 16.0 Å². The van der Waals surface area contributed by atoms with Crippen molar-refractivity contribution >= 4 is 27.8 Å². The molecule has 0 amide bonds. The van der Waals surface area contributed by atoms with Crippen LogP contribution in [0.3, 0.4) is 0 Å². The number of hydrogen-bond acceptors (Lipinski definition) is 2. The van der Waals surface area contributed by atoms with Gasteiger partial charge in [-0.1, -0.05) is 34.1 Å². The SMILES string of the molecule is Cc1cccc(C)c1N=Cc1c(C)[nH]n(-c2ccc(Br)cc2)c1=O. The molecule has 0 aliphatic heterocycles. The van der Waals surface area contributed by atoms with E-state index < -0.39 is 0 Å². The summed E-state index contributed by atoms with van der Waals surface area (Å²) in [5.74, 6) is 0. The van der Waals surface area contributed by atoms with Gasteiger partial charge >= 0.3 is 0 Å². The zero-order valence-corrected chi connectivity index (χ0v) is 15.4. The number of nitrogens with zero attached hydrogens (tertiary/aromatic N) is 2. The van der Waals surface area contributed by atoms with Crippen molar-refractivity contribution in [1.29, 1.82) is 0 Å². The van der Waals surface area contributed by atoms with Gasteiger partial charge in [0.2, 0.25) is 0 Å². The second-order valence-electron chi connectivity index (χ2n) is 5.77. The van der Waals surface area contributed by atoms with Gasteiger partial charge in [0.15, 0.2) is 0 Å². The average Bonchev–Trinajstić information content (AvgIpc) is 2.83. The van der Waals surface area contributed by atoms with E-state index in [-0.39, 0.29) is 5.56 Å². The number of aromatic amines is 1. The summed E-state index contributed by atoms with van der Waals surface area (Å²) in [7, 11) is 0. The number of halogens is 1. The second-order valence-corrected chi connectivity index (χ2v) is 6.68. The molecule has 1 N–H and O–H groups in total. The lowest BCUT2D eigenvalue weighted by Gasteiger charge is -2.02. The van der Waals surface area contributed by atoms with E-state index >= 15 is 0 Å². The Hall–Kier alpha value is -2.40. The third-order valence-electron chi connectivity index (χ3n) is 3.96. The second kappa shape index (κ2) is 6.61. The highest BCUT2D eigenvalue weighted by Crippen LogP contribution is 2.22. The van der Waals surface area contributed by atoms with Crippen molar-refractivity contribution in [3.63, 3.8) is 0 Å². The Bertz CT molecular complexity index is 945. The molecular weight excluding hydrogens is 366 g/mol. The lowest BCUT2D eigenvalue weighted by atomic mass is 10.1. The number of rotatable bonds is 3. The van der Waals surface area contributed by atoms with Crippen molar-refractivity contribution in [2.75, 3.05) is 0 Å². The van der Waals surface area contributed by atoms with Crippen LogP contribution in [0.4, 0.5) is 5.69 Å². The number of H-pyrrole nitrogens is 1. The van der Waals surface area contributed by atoms with Crippen molar-refractivity contribution in [1.82, 2.24) is 9.78 Å². The molecule has 0 radical (unpaired) electrons. The van der Waals surface area contributed by atoms with Crippen LogP contribution < -0.4 is 5.56 Å². The first-order chi connectivity index (χ1) is 11.5. The summed E-state index contributed by atoms with van der Waals surface area (Å²) < 4.78 is 2.51. The van der Waals surface area contributed by atoms with E-state index in [4.69, 9.17) is 0 Å². The van der Waals surface area contributed by atoms with Crippen LogP contribution in [0.1, 0.15) is 22.4 Å². The van der Waals surface area contributed by atoms with E-state index in [1.807, 2.05) is 63.2 Å². The lowest BCUT2D eigenvalue weighted by Crippen LogP contribution is -2.17. The van der Waals surface area contributed by atoms with Crippen molar-refractivity contribution in [3.8, 4) is 5.69 Å². The van der Waals surface area contributed by atoms with E-state index in [9.17, 15) is 4.79 Å². The Morgan fingerprint density at radius 1 is 1.04 bits per heavy atom. The zero-order valence-electron chi connectivity index (χ0n) is 13.8. The summed E-state index contributed by atoms with van der Waals surface area (Å²) in [5, 5.41) is 3.11. The first-order valence-electron chi connectivity index (χ1n) is 7.65. The summed E-state index contributed by atoms with van der Waals surface area (Å²) in [6.45, 7) is 5.91. The Labute approximate surface area is 149 Å². The highest BCUT2D eigenvalue weighted by Gasteiger charge is 2.11. The zero-order chi connectivity index (χ0) is 17.3. The Morgan fingerprint density at radius 3 is 2.29 bits per heavy atom. The van der Waals surface area contributed by atoms with Gasteiger partial charge in [0.05, 0.1) is 16.9 Å². The molecule has 122 valence electrons. The number of aliphatic imine (C=N–C) groups is 1. The van der Waals surface area contributed by atoms with Crippen LogP contribution in [-0.2, 0) is 0 Å². The first kappa shape index (κ1) is 16.5. The number of nitrogens with one attached hydrogen (secondary N) is 1. The van der Waals surface area contributed by atoms with E-state index in [2.05, 4.69) is 26.0 Å². The van der Waals surface area contributed by atoms with Crippen LogP contribution in [0.2, 0.25) is 0 Å². The normalized spacial score (nSPS) is 11.3. The number of aromatic nitrogens is 2. The molecule has 3 rings (SSSR count). The number of aryl methyl sites for hydroxylation is 3. The molecule has 0 saturated carbocycles. The van der Waals surface area contributed by atoms with Gasteiger partial charge in [-0.15, -0.1) is 0 Å². The Morgan fingerprint density at radius 2 is 1.67 bits per heavy atom. The molecule has 0 atom stereocenters. The smallest absolute Gasteiger partial charge is 0.280 e. The molecule has 0 saturated heterocycles. The Balaban J connectivity index is 2.03. The molecule has 5 heteroatoms. The van der Waals surface area contributed by atoms with E-state index in [1.54, 1.807) is 6.21 Å². The fourth-order valence-corrected chi connectivity index (χ4v) is 2.89. The van der Waals surface area contributed by atoms with E-state index in [0.717, 1.165) is 32.7 Å².